The minimum Gasteiger partial charge on any atom is -0.493 e. The SMILES string of the molecule is COc1cc(/C=C2\SC(=O)N(Cc3ccc([N+](=O)[O-])cc3)C2=O)ccc1OC(F)F. The molecule has 30 heavy (non-hydrogen) atoms. The lowest BCUT2D eigenvalue weighted by atomic mass is 10.1. The molecule has 0 radical (unpaired) electrons. The Bertz CT molecular complexity index is 1030. The van der Waals surface area contributed by atoms with Gasteiger partial charge in [-0.3, -0.25) is 24.6 Å². The van der Waals surface area contributed by atoms with Crippen LogP contribution in [0.5, 0.6) is 11.5 Å². The summed E-state index contributed by atoms with van der Waals surface area (Å²) in [6.07, 6.45) is 1.44. The summed E-state index contributed by atoms with van der Waals surface area (Å²) < 4.78 is 34.2. The second kappa shape index (κ2) is 8.91. The van der Waals surface area contributed by atoms with E-state index in [2.05, 4.69) is 4.74 Å². The van der Waals surface area contributed by atoms with Gasteiger partial charge in [0.1, 0.15) is 0 Å². The quantitative estimate of drug-likeness (QED) is 0.359. The summed E-state index contributed by atoms with van der Waals surface area (Å²) in [4.78, 5) is 36.2. The van der Waals surface area contributed by atoms with Crippen molar-refractivity contribution >= 4 is 34.7 Å². The molecule has 8 nitrogen and oxygen atoms in total. The number of methoxy groups -OCH3 is 1. The van der Waals surface area contributed by atoms with Gasteiger partial charge in [-0.1, -0.05) is 18.2 Å². The number of hydrogen-bond acceptors (Lipinski definition) is 7. The van der Waals surface area contributed by atoms with Gasteiger partial charge >= 0.3 is 6.61 Å². The lowest BCUT2D eigenvalue weighted by Crippen LogP contribution is -2.27. The number of ether oxygens (including phenoxy) is 2. The summed E-state index contributed by atoms with van der Waals surface area (Å²) in [6.45, 7) is -3.05. The number of nitrogens with zero attached hydrogens (tertiary/aromatic N) is 2. The predicted octanol–water partition coefficient (Wildman–Crippen LogP) is 4.44. The van der Waals surface area contributed by atoms with E-state index in [9.17, 15) is 28.5 Å². The molecular weight excluding hydrogens is 422 g/mol. The highest BCUT2D eigenvalue weighted by Gasteiger charge is 2.35. The minimum absolute atomic E-state index is 0.0372. The Morgan fingerprint density at radius 3 is 2.47 bits per heavy atom. The number of rotatable bonds is 7. The molecule has 0 aromatic heterocycles. The van der Waals surface area contributed by atoms with Crippen molar-refractivity contribution in [2.75, 3.05) is 7.11 Å². The standard InChI is InChI=1S/C19H14F2N2O6S/c1-28-15-8-12(4-7-14(15)29-18(20)21)9-16-17(24)22(19(25)30-16)10-11-2-5-13(6-3-11)23(26)27/h2-9,18H,10H2,1H3/b16-9-. The number of imide groups is 1. The van der Waals surface area contributed by atoms with E-state index in [0.717, 1.165) is 16.7 Å². The molecule has 2 aromatic carbocycles. The molecule has 3 rings (SSSR count). The molecule has 1 aliphatic heterocycles. The van der Waals surface area contributed by atoms with E-state index in [1.54, 1.807) is 0 Å². The zero-order valence-electron chi connectivity index (χ0n) is 15.4. The first-order valence-electron chi connectivity index (χ1n) is 8.40. The van der Waals surface area contributed by atoms with Crippen molar-refractivity contribution in [3.8, 4) is 11.5 Å². The van der Waals surface area contributed by atoms with Crippen molar-refractivity contribution in [3.63, 3.8) is 0 Å². The molecule has 0 spiro atoms. The number of carbonyl (C=O) groups excluding carboxylic acids is 2. The first kappa shape index (κ1) is 21.2. The fourth-order valence-electron chi connectivity index (χ4n) is 2.66. The molecule has 1 fully saturated rings. The third-order valence-electron chi connectivity index (χ3n) is 4.06. The molecule has 0 unspecified atom stereocenters. The first-order valence-corrected chi connectivity index (χ1v) is 9.21. The summed E-state index contributed by atoms with van der Waals surface area (Å²) >= 11 is 0.730. The third kappa shape index (κ3) is 4.74. The number of benzene rings is 2. The van der Waals surface area contributed by atoms with E-state index in [1.165, 1.54) is 55.7 Å². The summed E-state index contributed by atoms with van der Waals surface area (Å²) in [6, 6.07) is 9.65. The van der Waals surface area contributed by atoms with Crippen molar-refractivity contribution in [1.82, 2.24) is 4.90 Å². The topological polar surface area (TPSA) is 99.0 Å². The van der Waals surface area contributed by atoms with Gasteiger partial charge < -0.3 is 9.47 Å². The van der Waals surface area contributed by atoms with Crippen LogP contribution in [0.15, 0.2) is 47.4 Å². The van der Waals surface area contributed by atoms with Gasteiger partial charge in [-0.2, -0.15) is 8.78 Å². The number of non-ortho nitro benzene ring substituents is 1. The Balaban J connectivity index is 1.78. The van der Waals surface area contributed by atoms with Crippen LogP contribution in [-0.4, -0.2) is 34.7 Å². The second-order valence-electron chi connectivity index (χ2n) is 5.98. The van der Waals surface area contributed by atoms with E-state index in [-0.39, 0.29) is 28.6 Å². The number of nitro benzene ring substituents is 1. The van der Waals surface area contributed by atoms with Crippen molar-refractivity contribution in [3.05, 3.63) is 68.6 Å². The lowest BCUT2D eigenvalue weighted by Gasteiger charge is -2.12. The second-order valence-corrected chi connectivity index (χ2v) is 6.97. The summed E-state index contributed by atoms with van der Waals surface area (Å²) in [5, 5.41) is 10.2. The maximum atomic E-state index is 12.6. The van der Waals surface area contributed by atoms with Crippen LogP contribution in [0.1, 0.15) is 11.1 Å². The summed E-state index contributed by atoms with van der Waals surface area (Å²) in [5.74, 6) is -0.639. The smallest absolute Gasteiger partial charge is 0.387 e. The number of alkyl halides is 2. The molecule has 0 saturated carbocycles. The molecule has 1 saturated heterocycles. The molecule has 0 aliphatic carbocycles. The van der Waals surface area contributed by atoms with Crippen molar-refractivity contribution < 1.29 is 32.8 Å². The maximum Gasteiger partial charge on any atom is 0.387 e. The maximum absolute atomic E-state index is 12.6. The van der Waals surface area contributed by atoms with Crippen molar-refractivity contribution in [2.45, 2.75) is 13.2 Å². The largest absolute Gasteiger partial charge is 0.493 e. The average molecular weight is 436 g/mol. The molecule has 156 valence electrons. The van der Waals surface area contributed by atoms with Crippen LogP contribution in [-0.2, 0) is 11.3 Å². The van der Waals surface area contributed by atoms with Crippen LogP contribution < -0.4 is 9.47 Å². The van der Waals surface area contributed by atoms with Gasteiger partial charge in [0.05, 0.1) is 23.5 Å². The predicted molar refractivity (Wildman–Crippen MR) is 104 cm³/mol. The van der Waals surface area contributed by atoms with E-state index in [0.29, 0.717) is 11.1 Å². The van der Waals surface area contributed by atoms with Crippen LogP contribution in [0.25, 0.3) is 6.08 Å². The summed E-state index contributed by atoms with van der Waals surface area (Å²) in [7, 11) is 1.29. The van der Waals surface area contributed by atoms with E-state index >= 15 is 0 Å². The normalized spacial score (nSPS) is 15.2. The Hall–Kier alpha value is -3.47. The molecule has 1 heterocycles. The molecular formula is C19H14F2N2O6S. The number of carbonyl (C=O) groups is 2. The van der Waals surface area contributed by atoms with Gasteiger partial charge in [-0.15, -0.1) is 0 Å². The van der Waals surface area contributed by atoms with Gasteiger partial charge in [0, 0.05) is 12.1 Å². The highest BCUT2D eigenvalue weighted by atomic mass is 32.2. The number of hydrogen-bond donors (Lipinski definition) is 0. The molecule has 11 heteroatoms. The average Bonchev–Trinajstić information content (AvgIpc) is 2.96. The third-order valence-corrected chi connectivity index (χ3v) is 4.97. The highest BCUT2D eigenvalue weighted by molar-refractivity contribution is 8.18. The van der Waals surface area contributed by atoms with E-state index in [1.807, 2.05) is 0 Å². The van der Waals surface area contributed by atoms with Crippen molar-refractivity contribution in [1.29, 1.82) is 0 Å². The molecule has 0 atom stereocenters. The van der Waals surface area contributed by atoms with Gasteiger partial charge in [-0.25, -0.2) is 0 Å². The van der Waals surface area contributed by atoms with Crippen molar-refractivity contribution in [2.24, 2.45) is 0 Å². The fraction of sp³-hybridized carbons (Fsp3) is 0.158. The van der Waals surface area contributed by atoms with Gasteiger partial charge in [0.25, 0.3) is 16.8 Å². The zero-order valence-corrected chi connectivity index (χ0v) is 16.2. The van der Waals surface area contributed by atoms with Gasteiger partial charge in [-0.05, 0) is 41.1 Å². The number of thioether (sulfide) groups is 1. The minimum atomic E-state index is -3.01. The molecule has 0 bridgehead atoms. The fourth-order valence-corrected chi connectivity index (χ4v) is 3.50. The molecule has 0 N–H and O–H groups in total. The summed E-state index contributed by atoms with van der Waals surface area (Å²) in [5.41, 5.74) is 0.912. The molecule has 1 aliphatic rings. The molecule has 2 amide bonds. The Morgan fingerprint density at radius 2 is 1.87 bits per heavy atom. The van der Waals surface area contributed by atoms with Crippen LogP contribution >= 0.6 is 11.8 Å². The van der Waals surface area contributed by atoms with Gasteiger partial charge in [0.15, 0.2) is 11.5 Å². The van der Waals surface area contributed by atoms with E-state index < -0.39 is 22.7 Å². The first-order chi connectivity index (χ1) is 14.3. The lowest BCUT2D eigenvalue weighted by molar-refractivity contribution is -0.384. The monoisotopic (exact) mass is 436 g/mol. The number of amides is 2. The Morgan fingerprint density at radius 1 is 1.17 bits per heavy atom. The van der Waals surface area contributed by atoms with Crippen LogP contribution in [0.3, 0.4) is 0 Å². The molecule has 2 aromatic rings. The van der Waals surface area contributed by atoms with Gasteiger partial charge in [0.2, 0.25) is 0 Å². The number of halogens is 2. The van der Waals surface area contributed by atoms with Crippen LogP contribution in [0.4, 0.5) is 19.3 Å². The Labute approximate surface area is 173 Å². The Kier molecular flexibility index (Phi) is 6.31. The van der Waals surface area contributed by atoms with E-state index in [4.69, 9.17) is 4.74 Å². The van der Waals surface area contributed by atoms with Crippen LogP contribution in [0.2, 0.25) is 0 Å². The van der Waals surface area contributed by atoms with Crippen LogP contribution in [0, 0.1) is 10.1 Å². The number of nitro groups is 1. The highest BCUT2D eigenvalue weighted by Crippen LogP contribution is 2.35. The zero-order chi connectivity index (χ0) is 21.8.